The number of para-hydroxylation sites is 1. The van der Waals surface area contributed by atoms with E-state index in [0.29, 0.717) is 42.4 Å². The maximum absolute atomic E-state index is 13.3. The fourth-order valence-corrected chi connectivity index (χ4v) is 3.31. The zero-order chi connectivity index (χ0) is 21.5. The van der Waals surface area contributed by atoms with Crippen LogP contribution in [0.2, 0.25) is 0 Å². The van der Waals surface area contributed by atoms with E-state index in [1.54, 1.807) is 25.3 Å². The smallest absolute Gasteiger partial charge is 0.278 e. The minimum Gasteiger partial charge on any atom is -0.497 e. The number of carbonyl (C=O) groups excluding carboxylic acids is 2. The molecule has 0 bridgehead atoms. The van der Waals surface area contributed by atoms with Gasteiger partial charge in [-0.05, 0) is 31.5 Å². The Balaban J connectivity index is 1.99. The highest BCUT2D eigenvalue weighted by atomic mass is 16.5. The molecule has 7 nitrogen and oxygen atoms in total. The van der Waals surface area contributed by atoms with Crippen LogP contribution in [0.5, 0.6) is 11.5 Å². The van der Waals surface area contributed by atoms with Crippen molar-refractivity contribution in [2.45, 2.75) is 13.3 Å². The molecule has 1 aliphatic rings. The lowest BCUT2D eigenvalue weighted by Crippen LogP contribution is -2.34. The van der Waals surface area contributed by atoms with E-state index in [9.17, 15) is 9.59 Å². The molecule has 30 heavy (non-hydrogen) atoms. The van der Waals surface area contributed by atoms with Crippen molar-refractivity contribution >= 4 is 23.1 Å². The number of nitrogens with one attached hydrogen (secondary N) is 1. The molecule has 1 heterocycles. The molecule has 0 aromatic heterocycles. The van der Waals surface area contributed by atoms with Crippen molar-refractivity contribution in [1.82, 2.24) is 4.90 Å². The van der Waals surface area contributed by atoms with E-state index in [2.05, 4.69) is 5.32 Å². The fourth-order valence-electron chi connectivity index (χ4n) is 3.31. The summed E-state index contributed by atoms with van der Waals surface area (Å²) in [5, 5.41) is 3.13. The summed E-state index contributed by atoms with van der Waals surface area (Å²) in [5.41, 5.74) is 1.72. The summed E-state index contributed by atoms with van der Waals surface area (Å²) >= 11 is 0. The molecule has 7 heteroatoms. The van der Waals surface area contributed by atoms with Crippen molar-refractivity contribution < 1.29 is 23.8 Å². The van der Waals surface area contributed by atoms with Crippen LogP contribution in [-0.2, 0) is 14.3 Å². The van der Waals surface area contributed by atoms with Crippen molar-refractivity contribution in [1.29, 1.82) is 0 Å². The largest absolute Gasteiger partial charge is 0.497 e. The monoisotopic (exact) mass is 410 g/mol. The second kappa shape index (κ2) is 9.93. The van der Waals surface area contributed by atoms with Gasteiger partial charge in [0, 0.05) is 37.1 Å². The SMILES string of the molecule is CCOCCCN1C(=O)C(Nc2cccc(OC)c2)=C(c2ccccc2OC)C1=O. The maximum Gasteiger partial charge on any atom is 0.278 e. The number of nitrogens with zero attached hydrogens (tertiary/aromatic N) is 1. The van der Waals surface area contributed by atoms with Crippen molar-refractivity contribution in [2.24, 2.45) is 0 Å². The molecule has 1 aliphatic heterocycles. The standard InChI is InChI=1S/C23H26N2O5/c1-4-30-14-8-13-25-22(26)20(18-11-5-6-12-19(18)29-3)21(23(25)27)24-16-9-7-10-17(15-16)28-2/h5-7,9-12,15,24H,4,8,13-14H2,1-3H3. The number of carbonyl (C=O) groups is 2. The minimum absolute atomic E-state index is 0.217. The molecular formula is C23H26N2O5. The summed E-state index contributed by atoms with van der Waals surface area (Å²) < 4.78 is 16.0. The lowest BCUT2D eigenvalue weighted by atomic mass is 10.0. The summed E-state index contributed by atoms with van der Waals surface area (Å²) in [7, 11) is 3.11. The first-order valence-corrected chi connectivity index (χ1v) is 9.83. The van der Waals surface area contributed by atoms with E-state index in [1.807, 2.05) is 37.3 Å². The number of benzene rings is 2. The Morgan fingerprint density at radius 2 is 1.77 bits per heavy atom. The average molecular weight is 410 g/mol. The molecule has 158 valence electrons. The van der Waals surface area contributed by atoms with Crippen LogP contribution >= 0.6 is 0 Å². The van der Waals surface area contributed by atoms with E-state index < -0.39 is 0 Å². The van der Waals surface area contributed by atoms with Crippen LogP contribution in [0.15, 0.2) is 54.2 Å². The maximum atomic E-state index is 13.3. The molecule has 0 fully saturated rings. The van der Waals surface area contributed by atoms with Gasteiger partial charge in [-0.2, -0.15) is 0 Å². The van der Waals surface area contributed by atoms with Crippen LogP contribution in [0.3, 0.4) is 0 Å². The third-order valence-corrected chi connectivity index (χ3v) is 4.76. The van der Waals surface area contributed by atoms with Crippen molar-refractivity contribution in [3.63, 3.8) is 0 Å². The highest BCUT2D eigenvalue weighted by molar-refractivity contribution is 6.37. The van der Waals surface area contributed by atoms with Gasteiger partial charge < -0.3 is 19.5 Å². The summed E-state index contributed by atoms with van der Waals surface area (Å²) in [5.74, 6) is 0.436. The van der Waals surface area contributed by atoms with Crippen LogP contribution in [0.25, 0.3) is 5.57 Å². The number of imide groups is 1. The van der Waals surface area contributed by atoms with Gasteiger partial charge in [-0.15, -0.1) is 0 Å². The number of rotatable bonds is 10. The molecule has 2 aromatic rings. The zero-order valence-corrected chi connectivity index (χ0v) is 17.4. The Hall–Kier alpha value is -3.32. The van der Waals surface area contributed by atoms with Crippen LogP contribution in [-0.4, -0.2) is 50.7 Å². The Morgan fingerprint density at radius 3 is 2.50 bits per heavy atom. The molecule has 0 radical (unpaired) electrons. The number of methoxy groups -OCH3 is 2. The Bertz CT molecular complexity index is 954. The van der Waals surface area contributed by atoms with Gasteiger partial charge in [-0.25, -0.2) is 0 Å². The third-order valence-electron chi connectivity index (χ3n) is 4.76. The van der Waals surface area contributed by atoms with Gasteiger partial charge in [0.1, 0.15) is 17.2 Å². The van der Waals surface area contributed by atoms with Crippen LogP contribution in [0.1, 0.15) is 18.9 Å². The lowest BCUT2D eigenvalue weighted by molar-refractivity contribution is -0.137. The van der Waals surface area contributed by atoms with Crippen LogP contribution in [0, 0.1) is 0 Å². The van der Waals surface area contributed by atoms with E-state index >= 15 is 0 Å². The molecule has 3 rings (SSSR count). The molecule has 0 saturated heterocycles. The Kier molecular flexibility index (Phi) is 7.08. The lowest BCUT2D eigenvalue weighted by Gasteiger charge is -2.15. The summed E-state index contributed by atoms with van der Waals surface area (Å²) in [6.07, 6.45) is 0.566. The number of hydrogen-bond acceptors (Lipinski definition) is 6. The first-order chi connectivity index (χ1) is 14.6. The first-order valence-electron chi connectivity index (χ1n) is 9.83. The second-order valence-corrected chi connectivity index (χ2v) is 6.62. The Labute approximate surface area is 176 Å². The number of anilines is 1. The molecule has 2 amide bonds. The highest BCUT2D eigenvalue weighted by Crippen LogP contribution is 2.35. The molecule has 1 N–H and O–H groups in total. The summed E-state index contributed by atoms with van der Waals surface area (Å²) in [4.78, 5) is 27.7. The van der Waals surface area contributed by atoms with E-state index in [0.717, 1.165) is 0 Å². The van der Waals surface area contributed by atoms with Crippen molar-refractivity contribution in [2.75, 3.05) is 39.3 Å². The van der Waals surface area contributed by atoms with Crippen LogP contribution in [0.4, 0.5) is 5.69 Å². The van der Waals surface area contributed by atoms with Gasteiger partial charge >= 0.3 is 0 Å². The van der Waals surface area contributed by atoms with Crippen molar-refractivity contribution in [3.05, 3.63) is 59.8 Å². The Morgan fingerprint density at radius 1 is 0.967 bits per heavy atom. The molecule has 0 atom stereocenters. The topological polar surface area (TPSA) is 77.1 Å². The van der Waals surface area contributed by atoms with Gasteiger partial charge in [0.25, 0.3) is 11.8 Å². The fraction of sp³-hybridized carbons (Fsp3) is 0.304. The predicted molar refractivity (Wildman–Crippen MR) is 114 cm³/mol. The molecule has 0 unspecified atom stereocenters. The summed E-state index contributed by atoms with van der Waals surface area (Å²) in [6, 6.07) is 14.4. The van der Waals surface area contributed by atoms with Gasteiger partial charge in [0.2, 0.25) is 0 Å². The average Bonchev–Trinajstić information content (AvgIpc) is 3.00. The van der Waals surface area contributed by atoms with E-state index in [-0.39, 0.29) is 29.6 Å². The normalized spacial score (nSPS) is 13.8. The zero-order valence-electron chi connectivity index (χ0n) is 17.4. The minimum atomic E-state index is -0.375. The van der Waals surface area contributed by atoms with Crippen LogP contribution < -0.4 is 14.8 Å². The first kappa shape index (κ1) is 21.4. The van der Waals surface area contributed by atoms with Gasteiger partial charge in [0.05, 0.1) is 19.8 Å². The van der Waals surface area contributed by atoms with Gasteiger partial charge in [-0.3, -0.25) is 14.5 Å². The number of ether oxygens (including phenoxy) is 3. The molecule has 2 aromatic carbocycles. The number of hydrogen-bond donors (Lipinski definition) is 1. The van der Waals surface area contributed by atoms with Crippen molar-refractivity contribution in [3.8, 4) is 11.5 Å². The van der Waals surface area contributed by atoms with Gasteiger partial charge in [-0.1, -0.05) is 24.3 Å². The highest BCUT2D eigenvalue weighted by Gasteiger charge is 2.39. The van der Waals surface area contributed by atoms with E-state index in [1.165, 1.54) is 12.0 Å². The predicted octanol–water partition coefficient (Wildman–Crippen LogP) is 3.32. The summed E-state index contributed by atoms with van der Waals surface area (Å²) in [6.45, 7) is 3.26. The van der Waals surface area contributed by atoms with E-state index in [4.69, 9.17) is 14.2 Å². The number of amides is 2. The molecule has 0 aliphatic carbocycles. The third kappa shape index (κ3) is 4.46. The quantitative estimate of drug-likeness (QED) is 0.478. The second-order valence-electron chi connectivity index (χ2n) is 6.62. The molecular weight excluding hydrogens is 384 g/mol. The molecule has 0 spiro atoms. The van der Waals surface area contributed by atoms with Gasteiger partial charge in [0.15, 0.2) is 0 Å². The molecule has 0 saturated carbocycles.